The van der Waals surface area contributed by atoms with E-state index < -0.39 is 48.1 Å². The quantitative estimate of drug-likeness (QED) is 0.668. The molecule has 1 aromatic heterocycles. The summed E-state index contributed by atoms with van der Waals surface area (Å²) in [6.07, 6.45) is -9.29. The minimum absolute atomic E-state index is 0.335. The Morgan fingerprint density at radius 2 is 2.05 bits per heavy atom. The highest BCUT2D eigenvalue weighted by atomic mass is 35.5. The average Bonchev–Trinajstić information content (AvgIpc) is 2.27. The van der Waals surface area contributed by atoms with Gasteiger partial charge in [-0.05, 0) is 6.07 Å². The van der Waals surface area contributed by atoms with Crippen LogP contribution in [0, 0.1) is 0 Å². The third-order valence-corrected chi connectivity index (χ3v) is 2.32. The molecule has 1 N–H and O–H groups in total. The zero-order chi connectivity index (χ0) is 15.5. The van der Waals surface area contributed by atoms with Gasteiger partial charge in [-0.2, -0.15) is 0 Å². The fraction of sp³-hybridized carbons (Fsp3) is 0.400. The van der Waals surface area contributed by atoms with Crippen molar-refractivity contribution in [1.82, 2.24) is 4.98 Å². The summed E-state index contributed by atoms with van der Waals surface area (Å²) in [5.74, 6) is -3.14. The molecule has 1 heterocycles. The lowest BCUT2D eigenvalue weighted by Gasteiger charge is -2.16. The molecule has 20 heavy (non-hydrogen) atoms. The van der Waals surface area contributed by atoms with Crippen molar-refractivity contribution >= 4 is 17.6 Å². The first-order valence-electron chi connectivity index (χ1n) is 4.98. The molecule has 0 bridgehead atoms. The number of rotatable bonds is 5. The van der Waals surface area contributed by atoms with Crippen molar-refractivity contribution in [2.75, 3.05) is 0 Å². The Kier molecular flexibility index (Phi) is 5.09. The van der Waals surface area contributed by atoms with Crippen LogP contribution in [0.1, 0.15) is 23.4 Å². The number of aromatic nitrogens is 1. The number of hydrogen-bond acceptors (Lipinski definition) is 3. The number of carbonyl (C=O) groups is 1. The van der Waals surface area contributed by atoms with Crippen molar-refractivity contribution in [3.8, 4) is 5.75 Å². The van der Waals surface area contributed by atoms with Gasteiger partial charge in [0.1, 0.15) is 5.69 Å². The third kappa shape index (κ3) is 4.48. The number of carboxylic acids is 1. The van der Waals surface area contributed by atoms with Crippen LogP contribution in [-0.4, -0.2) is 22.4 Å². The Hall–Kier alpha value is -1.64. The first-order valence-corrected chi connectivity index (χ1v) is 5.52. The van der Waals surface area contributed by atoms with Crippen molar-refractivity contribution in [3.05, 3.63) is 23.0 Å². The molecule has 4 nitrogen and oxygen atoms in total. The van der Waals surface area contributed by atoms with Crippen molar-refractivity contribution in [2.24, 2.45) is 0 Å². The molecule has 0 aliphatic rings. The molecule has 0 fully saturated rings. The van der Waals surface area contributed by atoms with E-state index in [4.69, 9.17) is 16.7 Å². The maximum atomic E-state index is 12.7. The van der Waals surface area contributed by atoms with Crippen LogP contribution >= 0.6 is 11.6 Å². The van der Waals surface area contributed by atoms with E-state index in [-0.39, 0.29) is 5.69 Å². The zero-order valence-electron chi connectivity index (χ0n) is 9.55. The van der Waals surface area contributed by atoms with E-state index in [1.807, 2.05) is 0 Å². The second-order valence-electron chi connectivity index (χ2n) is 3.54. The van der Waals surface area contributed by atoms with Crippen LogP contribution in [0.25, 0.3) is 0 Å². The molecule has 0 amide bonds. The number of ether oxygens (including phenoxy) is 1. The minimum atomic E-state index is -5.19. The first-order chi connectivity index (χ1) is 9.14. The Morgan fingerprint density at radius 1 is 1.45 bits per heavy atom. The summed E-state index contributed by atoms with van der Waals surface area (Å²) < 4.78 is 65.5. The Balaban J connectivity index is 3.36. The van der Waals surface area contributed by atoms with Crippen LogP contribution in [0.4, 0.5) is 22.0 Å². The summed E-state index contributed by atoms with van der Waals surface area (Å²) in [6, 6.07) is 0.883. The van der Waals surface area contributed by atoms with Gasteiger partial charge >= 0.3 is 12.3 Å². The van der Waals surface area contributed by atoms with E-state index in [2.05, 4.69) is 9.72 Å². The van der Waals surface area contributed by atoms with Gasteiger partial charge in [0, 0.05) is 5.56 Å². The molecule has 0 radical (unpaired) electrons. The van der Waals surface area contributed by atoms with Crippen LogP contribution in [0.3, 0.4) is 0 Å². The molecule has 0 saturated carbocycles. The number of aliphatic carboxylic acids is 1. The highest BCUT2D eigenvalue weighted by molar-refractivity contribution is 6.17. The average molecular weight is 320 g/mol. The maximum absolute atomic E-state index is 12.7. The number of alkyl halides is 6. The molecule has 0 saturated heterocycles. The highest BCUT2D eigenvalue weighted by Gasteiger charge is 2.35. The van der Waals surface area contributed by atoms with Gasteiger partial charge < -0.3 is 9.84 Å². The number of halogens is 6. The minimum Gasteiger partial charge on any atom is -0.481 e. The fourth-order valence-corrected chi connectivity index (χ4v) is 1.59. The Morgan fingerprint density at radius 3 is 2.45 bits per heavy atom. The normalized spacial score (nSPS) is 11.8. The smallest absolute Gasteiger partial charge is 0.481 e. The maximum Gasteiger partial charge on any atom is 0.573 e. The largest absolute Gasteiger partial charge is 0.573 e. The van der Waals surface area contributed by atoms with Crippen LogP contribution in [0.5, 0.6) is 5.75 Å². The van der Waals surface area contributed by atoms with E-state index in [1.54, 1.807) is 0 Å². The summed E-state index contributed by atoms with van der Waals surface area (Å²) in [7, 11) is 0. The molecule has 0 unspecified atom stereocenters. The third-order valence-electron chi connectivity index (χ3n) is 2.03. The van der Waals surface area contributed by atoms with Gasteiger partial charge in [-0.1, -0.05) is 0 Å². The van der Waals surface area contributed by atoms with Crippen molar-refractivity contribution in [1.29, 1.82) is 0 Å². The van der Waals surface area contributed by atoms with E-state index in [0.717, 1.165) is 6.07 Å². The van der Waals surface area contributed by atoms with Crippen molar-refractivity contribution in [3.63, 3.8) is 0 Å². The fourth-order valence-electron chi connectivity index (χ4n) is 1.40. The summed E-state index contributed by atoms with van der Waals surface area (Å²) in [4.78, 5) is 13.7. The van der Waals surface area contributed by atoms with Gasteiger partial charge in [-0.15, -0.1) is 24.8 Å². The SMILES string of the molecule is O=C(O)Cc1cc(CCl)c(OC(F)(F)F)c(C(F)F)n1. The highest BCUT2D eigenvalue weighted by Crippen LogP contribution is 2.36. The molecule has 0 spiro atoms. The predicted molar refractivity (Wildman–Crippen MR) is 56.8 cm³/mol. The first kappa shape index (κ1) is 16.4. The molecule has 0 aliphatic heterocycles. The number of pyridine rings is 1. The zero-order valence-corrected chi connectivity index (χ0v) is 10.3. The van der Waals surface area contributed by atoms with Gasteiger partial charge in [0.25, 0.3) is 6.43 Å². The van der Waals surface area contributed by atoms with E-state index >= 15 is 0 Å². The molecule has 0 atom stereocenters. The van der Waals surface area contributed by atoms with Crippen LogP contribution < -0.4 is 4.74 Å². The van der Waals surface area contributed by atoms with Gasteiger partial charge in [0.05, 0.1) is 18.0 Å². The topological polar surface area (TPSA) is 59.4 Å². The molecule has 1 aromatic rings. The van der Waals surface area contributed by atoms with Crippen LogP contribution in [0.2, 0.25) is 0 Å². The lowest BCUT2D eigenvalue weighted by atomic mass is 10.1. The van der Waals surface area contributed by atoms with E-state index in [0.29, 0.717) is 0 Å². The summed E-state index contributed by atoms with van der Waals surface area (Å²) >= 11 is 5.38. The molecule has 112 valence electrons. The second kappa shape index (κ2) is 6.21. The van der Waals surface area contributed by atoms with Crippen LogP contribution in [-0.2, 0) is 17.1 Å². The van der Waals surface area contributed by atoms with Crippen molar-refractivity contribution < 1.29 is 36.6 Å². The lowest BCUT2D eigenvalue weighted by molar-refractivity contribution is -0.275. The van der Waals surface area contributed by atoms with Gasteiger partial charge in [-0.25, -0.2) is 13.8 Å². The molecular weight excluding hydrogens is 313 g/mol. The molecule has 0 aromatic carbocycles. The summed E-state index contributed by atoms with van der Waals surface area (Å²) in [5.41, 5.74) is -2.04. The number of nitrogens with zero attached hydrogens (tertiary/aromatic N) is 1. The summed E-state index contributed by atoms with van der Waals surface area (Å²) in [6.45, 7) is 0. The monoisotopic (exact) mass is 319 g/mol. The lowest BCUT2D eigenvalue weighted by Crippen LogP contribution is -2.20. The van der Waals surface area contributed by atoms with Crippen LogP contribution in [0.15, 0.2) is 6.07 Å². The second-order valence-corrected chi connectivity index (χ2v) is 3.81. The standard InChI is InChI=1S/C10H7ClF5NO3/c11-3-4-1-5(2-6(18)19)17-7(9(12)13)8(4)20-10(14,15)16/h1,9H,2-3H2,(H,18,19). The molecule has 10 heteroatoms. The Labute approximate surface area is 114 Å². The number of hydrogen-bond donors (Lipinski definition) is 1. The molecule has 0 aliphatic carbocycles. The predicted octanol–water partition coefficient (Wildman–Crippen LogP) is 3.28. The number of carboxylic acid groups (broad SMARTS) is 1. The summed E-state index contributed by atoms with van der Waals surface area (Å²) in [5, 5.41) is 8.54. The van der Waals surface area contributed by atoms with E-state index in [9.17, 15) is 26.7 Å². The molecule has 1 rings (SSSR count). The van der Waals surface area contributed by atoms with E-state index in [1.165, 1.54) is 0 Å². The van der Waals surface area contributed by atoms with Crippen molar-refractivity contribution in [2.45, 2.75) is 25.1 Å². The Bertz CT molecular complexity index is 506. The van der Waals surface area contributed by atoms with Gasteiger partial charge in [0.15, 0.2) is 5.75 Å². The molecular formula is C10H7ClF5NO3. The van der Waals surface area contributed by atoms with Gasteiger partial charge in [-0.3, -0.25) is 4.79 Å². The van der Waals surface area contributed by atoms with Gasteiger partial charge in [0.2, 0.25) is 0 Å².